The summed E-state index contributed by atoms with van der Waals surface area (Å²) in [4.78, 5) is 28.9. The molecule has 3 heterocycles. The topological polar surface area (TPSA) is 113 Å². The van der Waals surface area contributed by atoms with Crippen molar-refractivity contribution in [1.82, 2.24) is 14.9 Å². The van der Waals surface area contributed by atoms with Crippen LogP contribution in [-0.4, -0.2) is 33.0 Å². The Morgan fingerprint density at radius 3 is 2.53 bits per heavy atom. The van der Waals surface area contributed by atoms with Gasteiger partial charge in [0.1, 0.15) is 5.75 Å². The number of carbonyl (C=O) groups is 2. The van der Waals surface area contributed by atoms with E-state index in [1.54, 1.807) is 18.3 Å². The fourth-order valence-corrected chi connectivity index (χ4v) is 4.18. The third-order valence-electron chi connectivity index (χ3n) is 5.53. The van der Waals surface area contributed by atoms with E-state index >= 15 is 0 Å². The monoisotopic (exact) mass is 400 g/mol. The Hall–Kier alpha value is -3.84. The zero-order valence-corrected chi connectivity index (χ0v) is 16.1. The summed E-state index contributed by atoms with van der Waals surface area (Å²) in [7, 11) is 0. The SMILES string of the molecule is NCCCn1cc(C2=C(c3c[nH]c4ccccc34)C(=O)NC2=O)c2cc(O)ccc21. The Morgan fingerprint density at radius 1 is 0.967 bits per heavy atom. The fraction of sp³-hybridized carbons (Fsp3) is 0.130. The molecule has 0 unspecified atom stereocenters. The van der Waals surface area contributed by atoms with Gasteiger partial charge in [-0.1, -0.05) is 18.2 Å². The molecule has 2 amide bonds. The highest BCUT2D eigenvalue weighted by Gasteiger charge is 2.35. The highest BCUT2D eigenvalue weighted by molar-refractivity contribution is 6.50. The minimum Gasteiger partial charge on any atom is -0.508 e. The van der Waals surface area contributed by atoms with E-state index in [2.05, 4.69) is 10.3 Å². The number of fused-ring (bicyclic) bond motifs is 2. The number of imide groups is 1. The molecule has 0 atom stereocenters. The van der Waals surface area contributed by atoms with Crippen LogP contribution in [-0.2, 0) is 16.1 Å². The van der Waals surface area contributed by atoms with Gasteiger partial charge in [-0.25, -0.2) is 0 Å². The number of rotatable bonds is 5. The molecular weight excluding hydrogens is 380 g/mol. The quantitative estimate of drug-likeness (QED) is 0.386. The molecular formula is C23H20N4O3. The number of nitrogens with one attached hydrogen (secondary N) is 2. The lowest BCUT2D eigenvalue weighted by atomic mass is 9.95. The van der Waals surface area contributed by atoms with Gasteiger partial charge < -0.3 is 20.4 Å². The van der Waals surface area contributed by atoms with E-state index < -0.39 is 11.8 Å². The average molecular weight is 400 g/mol. The van der Waals surface area contributed by atoms with Crippen LogP contribution >= 0.6 is 0 Å². The molecule has 2 aromatic heterocycles. The van der Waals surface area contributed by atoms with E-state index in [1.807, 2.05) is 41.1 Å². The van der Waals surface area contributed by atoms with Crippen molar-refractivity contribution in [3.05, 3.63) is 66.0 Å². The van der Waals surface area contributed by atoms with Gasteiger partial charge in [-0.05, 0) is 37.2 Å². The minimum atomic E-state index is -0.443. The molecule has 4 aromatic rings. The van der Waals surface area contributed by atoms with Crippen LogP contribution in [0.25, 0.3) is 33.0 Å². The number of H-pyrrole nitrogens is 1. The second kappa shape index (κ2) is 6.89. The number of benzene rings is 2. The molecule has 1 aliphatic rings. The third-order valence-corrected chi connectivity index (χ3v) is 5.53. The summed E-state index contributed by atoms with van der Waals surface area (Å²) < 4.78 is 2.01. The molecule has 0 bridgehead atoms. The van der Waals surface area contributed by atoms with E-state index in [9.17, 15) is 14.7 Å². The van der Waals surface area contributed by atoms with Gasteiger partial charge in [0.25, 0.3) is 11.8 Å². The lowest BCUT2D eigenvalue weighted by molar-refractivity contribution is -0.122. The Kier molecular flexibility index (Phi) is 4.18. The van der Waals surface area contributed by atoms with Crippen LogP contribution in [0.2, 0.25) is 0 Å². The number of aryl methyl sites for hydroxylation is 1. The second-order valence-corrected chi connectivity index (χ2v) is 7.36. The minimum absolute atomic E-state index is 0.0966. The van der Waals surface area contributed by atoms with Crippen molar-refractivity contribution in [2.45, 2.75) is 13.0 Å². The van der Waals surface area contributed by atoms with Gasteiger partial charge in [0, 0.05) is 51.9 Å². The van der Waals surface area contributed by atoms with Gasteiger partial charge in [0.2, 0.25) is 0 Å². The van der Waals surface area contributed by atoms with Crippen LogP contribution in [0, 0.1) is 0 Å². The fourth-order valence-electron chi connectivity index (χ4n) is 4.18. The Morgan fingerprint density at radius 2 is 1.73 bits per heavy atom. The van der Waals surface area contributed by atoms with Gasteiger partial charge >= 0.3 is 0 Å². The molecule has 0 aliphatic carbocycles. The largest absolute Gasteiger partial charge is 0.508 e. The van der Waals surface area contributed by atoms with Gasteiger partial charge in [0.05, 0.1) is 11.1 Å². The number of hydrogen-bond donors (Lipinski definition) is 4. The van der Waals surface area contributed by atoms with Gasteiger partial charge in [0.15, 0.2) is 0 Å². The molecule has 5 N–H and O–H groups in total. The number of nitrogens with two attached hydrogens (primary N) is 1. The summed E-state index contributed by atoms with van der Waals surface area (Å²) in [5.74, 6) is -0.774. The van der Waals surface area contributed by atoms with Crippen molar-refractivity contribution in [2.24, 2.45) is 5.73 Å². The molecule has 7 heteroatoms. The molecule has 150 valence electrons. The molecule has 7 nitrogen and oxygen atoms in total. The zero-order chi connectivity index (χ0) is 20.8. The Labute approximate surface area is 171 Å². The number of aromatic nitrogens is 2. The van der Waals surface area contributed by atoms with Crippen molar-refractivity contribution in [1.29, 1.82) is 0 Å². The number of phenolic OH excluding ortho intramolecular Hbond substituents is 1. The second-order valence-electron chi connectivity index (χ2n) is 7.36. The Balaban J connectivity index is 1.80. The molecule has 0 fully saturated rings. The van der Waals surface area contributed by atoms with Crippen molar-refractivity contribution in [3.63, 3.8) is 0 Å². The summed E-state index contributed by atoms with van der Waals surface area (Å²) in [6, 6.07) is 12.7. The van der Waals surface area contributed by atoms with Crippen LogP contribution in [0.3, 0.4) is 0 Å². The van der Waals surface area contributed by atoms with E-state index in [0.717, 1.165) is 22.8 Å². The molecule has 0 radical (unpaired) electrons. The van der Waals surface area contributed by atoms with Crippen molar-refractivity contribution >= 4 is 44.8 Å². The first-order chi connectivity index (χ1) is 14.6. The lowest BCUT2D eigenvalue weighted by Gasteiger charge is -2.03. The molecule has 1 aliphatic heterocycles. The first-order valence-electron chi connectivity index (χ1n) is 9.77. The lowest BCUT2D eigenvalue weighted by Crippen LogP contribution is -2.22. The highest BCUT2D eigenvalue weighted by atomic mass is 16.3. The van der Waals surface area contributed by atoms with Gasteiger partial charge in [-0.2, -0.15) is 0 Å². The molecule has 0 saturated carbocycles. The third kappa shape index (κ3) is 2.71. The maximum Gasteiger partial charge on any atom is 0.259 e. The van der Waals surface area contributed by atoms with E-state index in [1.165, 1.54) is 0 Å². The summed E-state index contributed by atoms with van der Waals surface area (Å²) in [6.45, 7) is 1.21. The van der Waals surface area contributed by atoms with Crippen molar-refractivity contribution in [2.75, 3.05) is 6.54 Å². The average Bonchev–Trinajstić information content (AvgIpc) is 3.39. The first-order valence-corrected chi connectivity index (χ1v) is 9.77. The first kappa shape index (κ1) is 18.2. The summed E-state index contributed by atoms with van der Waals surface area (Å²) in [6.07, 6.45) is 4.38. The van der Waals surface area contributed by atoms with Crippen LogP contribution in [0.4, 0.5) is 0 Å². The maximum atomic E-state index is 12.9. The number of aromatic amines is 1. The number of para-hydroxylation sites is 1. The normalized spacial score (nSPS) is 14.3. The van der Waals surface area contributed by atoms with Crippen molar-refractivity contribution < 1.29 is 14.7 Å². The smallest absolute Gasteiger partial charge is 0.259 e. The summed E-state index contributed by atoms with van der Waals surface area (Å²) >= 11 is 0. The number of phenols is 1. The number of nitrogens with zero attached hydrogens (tertiary/aromatic N) is 1. The predicted octanol–water partition coefficient (Wildman–Crippen LogP) is 2.74. The van der Waals surface area contributed by atoms with Crippen molar-refractivity contribution in [3.8, 4) is 5.75 Å². The van der Waals surface area contributed by atoms with Gasteiger partial charge in [-0.3, -0.25) is 14.9 Å². The van der Waals surface area contributed by atoms with Crippen LogP contribution in [0.1, 0.15) is 17.5 Å². The highest BCUT2D eigenvalue weighted by Crippen LogP contribution is 2.39. The number of hydrogen-bond acceptors (Lipinski definition) is 4. The van der Waals surface area contributed by atoms with E-state index in [-0.39, 0.29) is 5.75 Å². The molecule has 0 spiro atoms. The van der Waals surface area contributed by atoms with Crippen LogP contribution in [0.15, 0.2) is 54.9 Å². The summed E-state index contributed by atoms with van der Waals surface area (Å²) in [5, 5.41) is 14.1. The Bertz CT molecular complexity index is 1360. The maximum absolute atomic E-state index is 12.9. The van der Waals surface area contributed by atoms with Gasteiger partial charge in [-0.15, -0.1) is 0 Å². The van der Waals surface area contributed by atoms with Crippen LogP contribution in [0.5, 0.6) is 5.75 Å². The van der Waals surface area contributed by atoms with Crippen LogP contribution < -0.4 is 11.1 Å². The molecule has 30 heavy (non-hydrogen) atoms. The summed E-state index contributed by atoms with van der Waals surface area (Å²) in [5.41, 5.74) is 9.36. The number of amides is 2. The van der Waals surface area contributed by atoms with E-state index in [4.69, 9.17) is 5.73 Å². The zero-order valence-electron chi connectivity index (χ0n) is 16.1. The standard InChI is InChI=1S/C23H20N4O3/c24-8-3-9-27-12-17(15-10-13(28)6-7-19(15)27)21-20(22(29)26-23(21)30)16-11-25-18-5-2-1-4-14(16)18/h1-2,4-7,10-12,25,28H,3,8-9,24H2,(H,26,29,30). The molecule has 5 rings (SSSR count). The number of aromatic hydroxyl groups is 1. The number of carbonyl (C=O) groups excluding carboxylic acids is 2. The predicted molar refractivity (Wildman–Crippen MR) is 116 cm³/mol. The molecule has 0 saturated heterocycles. The molecule has 2 aromatic carbocycles. The van der Waals surface area contributed by atoms with E-state index in [0.29, 0.717) is 40.7 Å².